The van der Waals surface area contributed by atoms with E-state index in [4.69, 9.17) is 16.3 Å². The van der Waals surface area contributed by atoms with E-state index in [0.29, 0.717) is 18.6 Å². The fourth-order valence-electron chi connectivity index (χ4n) is 1.41. The van der Waals surface area contributed by atoms with Crippen LogP contribution >= 0.6 is 11.6 Å². The maximum Gasteiger partial charge on any atom is 0.148 e. The molecule has 0 saturated heterocycles. The summed E-state index contributed by atoms with van der Waals surface area (Å²) in [5.74, 6) is -0.0841. The molecule has 0 aromatic heterocycles. The quantitative estimate of drug-likeness (QED) is 0.823. The lowest BCUT2D eigenvalue weighted by Crippen LogP contribution is -2.08. The Bertz CT molecular complexity index is 375. The van der Waals surface area contributed by atoms with Crippen molar-refractivity contribution in [3.63, 3.8) is 0 Å². The summed E-state index contributed by atoms with van der Waals surface area (Å²) < 4.78 is 18.5. The average molecular weight is 217 g/mol. The summed E-state index contributed by atoms with van der Waals surface area (Å²) in [6.07, 6.45) is 1.15. The summed E-state index contributed by atoms with van der Waals surface area (Å²) in [6.45, 7) is 0. The Labute approximate surface area is 86.3 Å². The summed E-state index contributed by atoms with van der Waals surface area (Å²) >= 11 is 5.67. The highest BCUT2D eigenvalue weighted by atomic mass is 35.5. The number of benzene rings is 1. The van der Waals surface area contributed by atoms with Crippen LogP contribution in [0.4, 0.5) is 4.39 Å². The topological polar surface area (TPSA) is 29.5 Å². The molecule has 76 valence electrons. The second-order valence-corrected chi connectivity index (χ2v) is 3.91. The Kier molecular flexibility index (Phi) is 2.16. The molecule has 1 saturated carbocycles. The molecule has 0 heterocycles. The van der Waals surface area contributed by atoms with E-state index in [9.17, 15) is 9.50 Å². The van der Waals surface area contributed by atoms with Crippen LogP contribution in [0.5, 0.6) is 5.75 Å². The zero-order valence-electron chi connectivity index (χ0n) is 7.68. The van der Waals surface area contributed by atoms with E-state index >= 15 is 0 Å². The summed E-state index contributed by atoms with van der Waals surface area (Å²) in [6, 6.07) is 2.89. The van der Waals surface area contributed by atoms with Gasteiger partial charge in [0.15, 0.2) is 0 Å². The van der Waals surface area contributed by atoms with Crippen LogP contribution in [0.15, 0.2) is 12.1 Å². The minimum absolute atomic E-state index is 0.0142. The molecule has 1 fully saturated rings. The molecule has 2 rings (SSSR count). The average Bonchev–Trinajstić information content (AvgIpc) is 2.89. The Balaban J connectivity index is 2.52. The van der Waals surface area contributed by atoms with Gasteiger partial charge in [-0.1, -0.05) is 11.6 Å². The molecular weight excluding hydrogens is 207 g/mol. The molecule has 0 spiro atoms. The number of hydrogen-bond donors (Lipinski definition) is 1. The lowest BCUT2D eigenvalue weighted by atomic mass is 10.1. The number of halogens is 2. The molecule has 14 heavy (non-hydrogen) atoms. The van der Waals surface area contributed by atoms with Crippen molar-refractivity contribution in [2.75, 3.05) is 7.11 Å². The van der Waals surface area contributed by atoms with E-state index in [1.165, 1.54) is 19.2 Å². The van der Waals surface area contributed by atoms with E-state index in [2.05, 4.69) is 0 Å². The van der Waals surface area contributed by atoms with Crippen LogP contribution < -0.4 is 4.74 Å². The third kappa shape index (κ3) is 1.47. The first-order chi connectivity index (χ1) is 6.57. The molecule has 0 aliphatic heterocycles. The lowest BCUT2D eigenvalue weighted by molar-refractivity contribution is 0.146. The molecule has 0 radical (unpaired) electrons. The Morgan fingerprint density at radius 1 is 1.50 bits per heavy atom. The van der Waals surface area contributed by atoms with Crippen molar-refractivity contribution in [3.8, 4) is 5.75 Å². The van der Waals surface area contributed by atoms with E-state index < -0.39 is 11.4 Å². The highest BCUT2D eigenvalue weighted by Crippen LogP contribution is 2.48. The molecule has 0 amide bonds. The molecule has 0 atom stereocenters. The molecule has 1 aromatic carbocycles. The molecule has 0 unspecified atom stereocenters. The fourth-order valence-corrected chi connectivity index (χ4v) is 1.62. The smallest absolute Gasteiger partial charge is 0.148 e. The minimum Gasteiger partial charge on any atom is -0.497 e. The van der Waals surface area contributed by atoms with Gasteiger partial charge in [-0.15, -0.1) is 0 Å². The molecule has 1 aliphatic carbocycles. The summed E-state index contributed by atoms with van der Waals surface area (Å²) in [4.78, 5) is 0. The fraction of sp³-hybridized carbons (Fsp3) is 0.400. The maximum absolute atomic E-state index is 13.5. The zero-order chi connectivity index (χ0) is 10.3. The van der Waals surface area contributed by atoms with Crippen LogP contribution in [-0.2, 0) is 5.60 Å². The van der Waals surface area contributed by atoms with Crippen molar-refractivity contribution in [1.82, 2.24) is 0 Å². The predicted molar refractivity (Wildman–Crippen MR) is 51.1 cm³/mol. The van der Waals surface area contributed by atoms with Gasteiger partial charge in [0.1, 0.15) is 11.6 Å². The van der Waals surface area contributed by atoms with Crippen LogP contribution in [0.1, 0.15) is 18.4 Å². The van der Waals surface area contributed by atoms with Gasteiger partial charge in [0.2, 0.25) is 0 Å². The van der Waals surface area contributed by atoms with Gasteiger partial charge < -0.3 is 9.84 Å². The molecular formula is C10H10ClFO2. The van der Waals surface area contributed by atoms with Gasteiger partial charge in [0.25, 0.3) is 0 Å². The maximum atomic E-state index is 13.5. The van der Waals surface area contributed by atoms with Crippen molar-refractivity contribution in [2.45, 2.75) is 18.4 Å². The first kappa shape index (κ1) is 9.74. The summed E-state index contributed by atoms with van der Waals surface area (Å²) in [7, 11) is 1.48. The van der Waals surface area contributed by atoms with Gasteiger partial charge in [-0.3, -0.25) is 0 Å². The van der Waals surface area contributed by atoms with Crippen molar-refractivity contribution in [2.24, 2.45) is 0 Å². The van der Waals surface area contributed by atoms with Crippen molar-refractivity contribution in [1.29, 1.82) is 0 Å². The van der Waals surface area contributed by atoms with Gasteiger partial charge in [-0.05, 0) is 18.9 Å². The second kappa shape index (κ2) is 3.11. The van der Waals surface area contributed by atoms with E-state index in [0.717, 1.165) is 0 Å². The van der Waals surface area contributed by atoms with Gasteiger partial charge in [-0.25, -0.2) is 4.39 Å². The molecule has 2 nitrogen and oxygen atoms in total. The first-order valence-electron chi connectivity index (χ1n) is 4.33. The summed E-state index contributed by atoms with van der Waals surface area (Å²) in [5, 5.41) is 9.76. The monoisotopic (exact) mass is 216 g/mol. The molecule has 0 bridgehead atoms. The number of ether oxygens (including phenoxy) is 1. The lowest BCUT2D eigenvalue weighted by Gasteiger charge is -2.12. The van der Waals surface area contributed by atoms with Crippen molar-refractivity contribution >= 4 is 11.6 Å². The van der Waals surface area contributed by atoms with Gasteiger partial charge >= 0.3 is 0 Å². The largest absolute Gasteiger partial charge is 0.497 e. The highest BCUT2D eigenvalue weighted by molar-refractivity contribution is 6.31. The molecule has 4 heteroatoms. The number of rotatable bonds is 2. The van der Waals surface area contributed by atoms with E-state index in [1.807, 2.05) is 0 Å². The van der Waals surface area contributed by atoms with Crippen LogP contribution in [-0.4, -0.2) is 12.2 Å². The summed E-state index contributed by atoms with van der Waals surface area (Å²) in [5.41, 5.74) is -0.788. The molecule has 1 aromatic rings. The number of methoxy groups -OCH3 is 1. The minimum atomic E-state index is -1.03. The molecule has 1 N–H and O–H groups in total. The van der Waals surface area contributed by atoms with Crippen LogP contribution in [0.3, 0.4) is 0 Å². The van der Waals surface area contributed by atoms with Gasteiger partial charge in [-0.2, -0.15) is 0 Å². The third-order valence-corrected chi connectivity index (χ3v) is 2.74. The first-order valence-corrected chi connectivity index (χ1v) is 4.70. The van der Waals surface area contributed by atoms with Gasteiger partial charge in [0.05, 0.1) is 17.7 Å². The van der Waals surface area contributed by atoms with E-state index in [1.54, 1.807) is 0 Å². The third-order valence-electron chi connectivity index (χ3n) is 2.46. The standard InChI is InChI=1S/C10H10ClFO2/c1-14-6-4-7(10(13)2-3-10)9(12)8(11)5-6/h4-5,13H,2-3H2,1H3. The zero-order valence-corrected chi connectivity index (χ0v) is 8.44. The van der Waals surface area contributed by atoms with E-state index in [-0.39, 0.29) is 10.6 Å². The van der Waals surface area contributed by atoms with Crippen molar-refractivity contribution < 1.29 is 14.2 Å². The van der Waals surface area contributed by atoms with Gasteiger partial charge in [0, 0.05) is 11.6 Å². The van der Waals surface area contributed by atoms with Crippen LogP contribution in [0, 0.1) is 5.82 Å². The van der Waals surface area contributed by atoms with Crippen LogP contribution in [0.2, 0.25) is 5.02 Å². The Morgan fingerprint density at radius 3 is 2.64 bits per heavy atom. The Hall–Kier alpha value is -0.800. The SMILES string of the molecule is COc1cc(Cl)c(F)c(C2(O)CC2)c1. The molecule has 1 aliphatic rings. The highest BCUT2D eigenvalue weighted by Gasteiger charge is 2.44. The normalized spacial score (nSPS) is 18.0. The Morgan fingerprint density at radius 2 is 2.14 bits per heavy atom. The number of hydrogen-bond acceptors (Lipinski definition) is 2. The van der Waals surface area contributed by atoms with Crippen molar-refractivity contribution in [3.05, 3.63) is 28.5 Å². The number of aliphatic hydroxyl groups is 1. The van der Waals surface area contributed by atoms with Crippen LogP contribution in [0.25, 0.3) is 0 Å². The predicted octanol–water partition coefficient (Wildman–Crippen LogP) is 2.47. The second-order valence-electron chi connectivity index (χ2n) is 3.50.